The van der Waals surface area contributed by atoms with E-state index in [1.165, 1.54) is 12.3 Å². The van der Waals surface area contributed by atoms with Crippen LogP contribution in [-0.2, 0) is 0 Å². The van der Waals surface area contributed by atoms with Crippen LogP contribution in [0.1, 0.15) is 16.1 Å². The quantitative estimate of drug-likeness (QED) is 0.813. The lowest BCUT2D eigenvalue weighted by atomic mass is 10.1. The van der Waals surface area contributed by atoms with Crippen molar-refractivity contribution in [3.05, 3.63) is 57.3 Å². The lowest BCUT2D eigenvalue weighted by Crippen LogP contribution is -2.18. The summed E-state index contributed by atoms with van der Waals surface area (Å²) in [6, 6.07) is 8.39. The van der Waals surface area contributed by atoms with Crippen molar-refractivity contribution < 1.29 is 4.79 Å². The lowest BCUT2D eigenvalue weighted by molar-refractivity contribution is 0.102. The van der Waals surface area contributed by atoms with Crippen LogP contribution in [0.25, 0.3) is 0 Å². The average molecular weight is 371 g/mol. The van der Waals surface area contributed by atoms with E-state index in [0.717, 1.165) is 4.47 Å². The van der Waals surface area contributed by atoms with Gasteiger partial charge in [-0.15, -0.1) is 0 Å². The Balaban J connectivity index is 2.29. The summed E-state index contributed by atoms with van der Waals surface area (Å²) in [6.45, 7) is 0. The van der Waals surface area contributed by atoms with E-state index in [-0.39, 0.29) is 16.6 Å². The third kappa shape index (κ3) is 3.53. The Kier molecular flexibility index (Phi) is 4.69. The molecule has 2 aromatic rings. The van der Waals surface area contributed by atoms with E-state index in [9.17, 15) is 4.79 Å². The maximum atomic E-state index is 12.1. The molecule has 2 rings (SSSR count). The third-order valence-electron chi connectivity index (χ3n) is 2.46. The number of pyridine rings is 1. The number of nitrogens with one attached hydrogen (secondary N) is 1. The maximum Gasteiger partial charge on any atom is 0.274 e. The number of anilines is 1. The zero-order valence-corrected chi connectivity index (χ0v) is 13.2. The van der Waals surface area contributed by atoms with Gasteiger partial charge in [0.15, 0.2) is 0 Å². The van der Waals surface area contributed by atoms with Crippen LogP contribution in [0, 0.1) is 0 Å². The smallest absolute Gasteiger partial charge is 0.274 e. The van der Waals surface area contributed by atoms with E-state index in [4.69, 9.17) is 29.6 Å². The first kappa shape index (κ1) is 14.9. The van der Waals surface area contributed by atoms with Crippen LogP contribution < -0.4 is 11.1 Å². The molecule has 1 aromatic carbocycles. The van der Waals surface area contributed by atoms with Crippen molar-refractivity contribution in [1.29, 1.82) is 0 Å². The Bertz CT molecular complexity index is 676. The Morgan fingerprint density at radius 2 is 2.10 bits per heavy atom. The van der Waals surface area contributed by atoms with E-state index in [0.29, 0.717) is 16.3 Å². The Labute approximate surface area is 134 Å². The molecule has 3 N–H and O–H groups in total. The monoisotopic (exact) mass is 369 g/mol. The molecule has 0 aliphatic rings. The fraction of sp³-hybridized carbons (Fsp3) is 0. The summed E-state index contributed by atoms with van der Waals surface area (Å²) >= 11 is 14.0. The number of carbonyl (C=O) groups excluding carboxylic acids is 1. The van der Waals surface area contributed by atoms with Crippen molar-refractivity contribution in [2.45, 2.75) is 0 Å². The van der Waals surface area contributed by atoms with Crippen molar-refractivity contribution >= 4 is 56.3 Å². The highest BCUT2D eigenvalue weighted by atomic mass is 79.9. The molecule has 0 aliphatic heterocycles. The molecule has 0 saturated heterocycles. The molecule has 0 bridgehead atoms. The summed E-state index contributed by atoms with van der Waals surface area (Å²) in [5.74, 6) is -0.364. The Morgan fingerprint density at radius 3 is 2.70 bits per heavy atom. The van der Waals surface area contributed by atoms with E-state index in [2.05, 4.69) is 26.2 Å². The van der Waals surface area contributed by atoms with Crippen LogP contribution in [-0.4, -0.2) is 15.9 Å². The number of aromatic nitrogens is 1. The minimum absolute atomic E-state index is 0.205. The van der Waals surface area contributed by atoms with Gasteiger partial charge in [0.2, 0.25) is 0 Å². The SMILES string of the molecule is NC(=S)c1ccc(Br)cc1NC(=O)c1ccc(Cl)cn1. The van der Waals surface area contributed by atoms with Crippen LogP contribution in [0.15, 0.2) is 41.0 Å². The molecule has 0 atom stereocenters. The molecule has 102 valence electrons. The van der Waals surface area contributed by atoms with Gasteiger partial charge in [0.05, 0.1) is 10.7 Å². The first-order valence-corrected chi connectivity index (χ1v) is 7.07. The minimum atomic E-state index is -0.364. The van der Waals surface area contributed by atoms with Gasteiger partial charge >= 0.3 is 0 Å². The van der Waals surface area contributed by atoms with E-state index in [1.807, 2.05) is 0 Å². The number of hydrogen-bond acceptors (Lipinski definition) is 3. The average Bonchev–Trinajstić information content (AvgIpc) is 2.39. The Hall–Kier alpha value is -1.50. The first-order chi connectivity index (χ1) is 9.47. The molecule has 0 saturated carbocycles. The molecular formula is C13H9BrClN3OS. The highest BCUT2D eigenvalue weighted by molar-refractivity contribution is 9.10. The van der Waals surface area contributed by atoms with Crippen LogP contribution in [0.4, 0.5) is 5.69 Å². The summed E-state index contributed by atoms with van der Waals surface area (Å²) in [4.78, 5) is 16.3. The number of hydrogen-bond donors (Lipinski definition) is 2. The number of thiocarbonyl (C=S) groups is 1. The second-order valence-electron chi connectivity index (χ2n) is 3.87. The van der Waals surface area contributed by atoms with Crippen molar-refractivity contribution in [3.8, 4) is 0 Å². The van der Waals surface area contributed by atoms with Gasteiger partial charge in [0.25, 0.3) is 5.91 Å². The fourth-order valence-electron chi connectivity index (χ4n) is 1.53. The normalized spacial score (nSPS) is 10.1. The number of benzene rings is 1. The summed E-state index contributed by atoms with van der Waals surface area (Å²) in [6.07, 6.45) is 1.41. The van der Waals surface area contributed by atoms with E-state index in [1.54, 1.807) is 24.3 Å². The highest BCUT2D eigenvalue weighted by Crippen LogP contribution is 2.22. The number of halogens is 2. The zero-order chi connectivity index (χ0) is 14.7. The molecule has 4 nitrogen and oxygen atoms in total. The first-order valence-electron chi connectivity index (χ1n) is 5.49. The van der Waals surface area contributed by atoms with Gasteiger partial charge in [-0.05, 0) is 30.3 Å². The van der Waals surface area contributed by atoms with Gasteiger partial charge in [0.1, 0.15) is 10.7 Å². The number of carbonyl (C=O) groups is 1. The molecule has 0 aliphatic carbocycles. The summed E-state index contributed by atoms with van der Waals surface area (Å²) < 4.78 is 0.803. The number of rotatable bonds is 3. The molecule has 1 heterocycles. The van der Waals surface area contributed by atoms with Crippen molar-refractivity contribution in [3.63, 3.8) is 0 Å². The highest BCUT2D eigenvalue weighted by Gasteiger charge is 2.12. The van der Waals surface area contributed by atoms with Gasteiger partial charge in [0, 0.05) is 16.2 Å². The number of nitrogens with two attached hydrogens (primary N) is 1. The van der Waals surface area contributed by atoms with Crippen molar-refractivity contribution in [2.75, 3.05) is 5.32 Å². The van der Waals surface area contributed by atoms with Crippen LogP contribution >= 0.6 is 39.7 Å². The molecule has 0 fully saturated rings. The minimum Gasteiger partial charge on any atom is -0.389 e. The van der Waals surface area contributed by atoms with Gasteiger partial charge in [-0.1, -0.05) is 39.7 Å². The van der Waals surface area contributed by atoms with Crippen LogP contribution in [0.5, 0.6) is 0 Å². The maximum absolute atomic E-state index is 12.1. The second-order valence-corrected chi connectivity index (χ2v) is 5.66. The van der Waals surface area contributed by atoms with Crippen molar-refractivity contribution in [2.24, 2.45) is 5.73 Å². The molecule has 0 spiro atoms. The van der Waals surface area contributed by atoms with Gasteiger partial charge < -0.3 is 11.1 Å². The molecular weight excluding hydrogens is 362 g/mol. The van der Waals surface area contributed by atoms with Gasteiger partial charge in [-0.2, -0.15) is 0 Å². The van der Waals surface area contributed by atoms with Gasteiger partial charge in [-0.25, -0.2) is 4.98 Å². The summed E-state index contributed by atoms with van der Waals surface area (Å²) in [5, 5.41) is 3.19. The van der Waals surface area contributed by atoms with E-state index < -0.39 is 0 Å². The van der Waals surface area contributed by atoms with Crippen LogP contribution in [0.2, 0.25) is 5.02 Å². The molecule has 1 amide bonds. The zero-order valence-electron chi connectivity index (χ0n) is 10.1. The van der Waals surface area contributed by atoms with Crippen LogP contribution in [0.3, 0.4) is 0 Å². The topological polar surface area (TPSA) is 68.0 Å². The standard InChI is InChI=1S/C13H9BrClN3OS/c14-7-1-3-9(12(16)20)11(5-7)18-13(19)10-4-2-8(15)6-17-10/h1-6H,(H2,16,20)(H,18,19). The molecule has 0 radical (unpaired) electrons. The number of nitrogens with zero attached hydrogens (tertiary/aromatic N) is 1. The van der Waals surface area contributed by atoms with Crippen molar-refractivity contribution in [1.82, 2.24) is 4.98 Å². The fourth-order valence-corrected chi connectivity index (χ4v) is 2.18. The predicted molar refractivity (Wildman–Crippen MR) is 87.2 cm³/mol. The molecule has 0 unspecified atom stereocenters. The van der Waals surface area contributed by atoms with Gasteiger partial charge in [-0.3, -0.25) is 4.79 Å². The summed E-state index contributed by atoms with van der Waals surface area (Å²) in [7, 11) is 0. The molecule has 1 aromatic heterocycles. The lowest BCUT2D eigenvalue weighted by Gasteiger charge is -2.10. The number of amides is 1. The largest absolute Gasteiger partial charge is 0.389 e. The van der Waals surface area contributed by atoms with E-state index >= 15 is 0 Å². The third-order valence-corrected chi connectivity index (χ3v) is 3.39. The second kappa shape index (κ2) is 6.30. The Morgan fingerprint density at radius 1 is 1.35 bits per heavy atom. The predicted octanol–water partition coefficient (Wildman–Crippen LogP) is 3.38. The molecule has 20 heavy (non-hydrogen) atoms. The summed E-state index contributed by atoms with van der Waals surface area (Å²) in [5.41, 5.74) is 6.99. The molecule has 7 heteroatoms.